The van der Waals surface area contributed by atoms with Crippen molar-refractivity contribution in [1.82, 2.24) is 0 Å². The van der Waals surface area contributed by atoms with Gasteiger partial charge in [-0.05, 0) is 49.7 Å². The highest BCUT2D eigenvalue weighted by Gasteiger charge is 2.08. The van der Waals surface area contributed by atoms with Crippen LogP contribution in [0.4, 0.5) is 17.1 Å². The number of anilines is 3. The molecule has 0 spiro atoms. The van der Waals surface area contributed by atoms with Crippen LogP contribution in [0.3, 0.4) is 0 Å². The Morgan fingerprint density at radius 3 is 2.08 bits per heavy atom. The number of amides is 2. The summed E-state index contributed by atoms with van der Waals surface area (Å²) < 4.78 is 0. The van der Waals surface area contributed by atoms with Crippen LogP contribution >= 0.6 is 0 Å². The second kappa shape index (κ2) is 8.33. The molecule has 0 aliphatic heterocycles. The fourth-order valence-corrected chi connectivity index (χ4v) is 2.32. The van der Waals surface area contributed by atoms with Crippen molar-refractivity contribution in [3.8, 4) is 0 Å². The summed E-state index contributed by atoms with van der Waals surface area (Å²) in [4.78, 5) is 23.7. The molecule has 3 N–H and O–H groups in total. The Morgan fingerprint density at radius 2 is 1.52 bits per heavy atom. The summed E-state index contributed by atoms with van der Waals surface area (Å²) in [6.45, 7) is 7.92. The number of benzene rings is 2. The van der Waals surface area contributed by atoms with Gasteiger partial charge in [0.15, 0.2) is 0 Å². The molecular weight excluding hydrogens is 314 g/mol. The molecular formula is C20H25N3O2. The molecule has 0 heterocycles. The minimum absolute atomic E-state index is 0.0329. The highest BCUT2D eigenvalue weighted by molar-refractivity contribution is 5.95. The highest BCUT2D eigenvalue weighted by Crippen LogP contribution is 2.16. The van der Waals surface area contributed by atoms with Crippen molar-refractivity contribution in [2.45, 2.75) is 27.7 Å². The van der Waals surface area contributed by atoms with Gasteiger partial charge in [0.2, 0.25) is 11.8 Å². The minimum Gasteiger partial charge on any atom is -0.376 e. The highest BCUT2D eigenvalue weighted by atomic mass is 16.2. The minimum atomic E-state index is -0.126. The summed E-state index contributed by atoms with van der Waals surface area (Å²) in [6.07, 6.45) is 0. The zero-order chi connectivity index (χ0) is 18.4. The van der Waals surface area contributed by atoms with Crippen molar-refractivity contribution in [1.29, 1.82) is 0 Å². The van der Waals surface area contributed by atoms with Crippen molar-refractivity contribution in [2.75, 3.05) is 22.5 Å². The SMILES string of the molecule is Cc1ccc(NCC(=O)Nc2ccc(NC(=O)C(C)C)cc2)c(C)c1. The first-order valence-electron chi connectivity index (χ1n) is 8.37. The summed E-state index contributed by atoms with van der Waals surface area (Å²) >= 11 is 0. The monoisotopic (exact) mass is 339 g/mol. The predicted octanol–water partition coefficient (Wildman–Crippen LogP) is 3.95. The Morgan fingerprint density at radius 1 is 0.920 bits per heavy atom. The number of aryl methyl sites for hydroxylation is 2. The maximum Gasteiger partial charge on any atom is 0.243 e. The van der Waals surface area contributed by atoms with E-state index in [1.807, 2.05) is 39.8 Å². The van der Waals surface area contributed by atoms with E-state index in [0.717, 1.165) is 11.3 Å². The van der Waals surface area contributed by atoms with Crippen molar-refractivity contribution in [3.63, 3.8) is 0 Å². The third-order valence-corrected chi connectivity index (χ3v) is 3.78. The van der Waals surface area contributed by atoms with Crippen molar-refractivity contribution < 1.29 is 9.59 Å². The lowest BCUT2D eigenvalue weighted by atomic mass is 10.1. The van der Waals surface area contributed by atoms with E-state index in [1.54, 1.807) is 24.3 Å². The molecule has 0 bridgehead atoms. The maximum atomic E-state index is 12.1. The predicted molar refractivity (Wildman–Crippen MR) is 103 cm³/mol. The maximum absolute atomic E-state index is 12.1. The Bertz CT molecular complexity index is 752. The number of rotatable bonds is 6. The van der Waals surface area contributed by atoms with Crippen molar-refractivity contribution in [2.24, 2.45) is 5.92 Å². The topological polar surface area (TPSA) is 70.2 Å². The van der Waals surface area contributed by atoms with Gasteiger partial charge in [0.05, 0.1) is 6.54 Å². The van der Waals surface area contributed by atoms with Crippen molar-refractivity contribution in [3.05, 3.63) is 53.6 Å². The average molecular weight is 339 g/mol. The molecule has 2 aromatic carbocycles. The molecule has 5 nitrogen and oxygen atoms in total. The van der Waals surface area contributed by atoms with E-state index in [4.69, 9.17) is 0 Å². The van der Waals surface area contributed by atoms with Crippen LogP contribution in [0.25, 0.3) is 0 Å². The lowest BCUT2D eigenvalue weighted by molar-refractivity contribution is -0.119. The van der Waals surface area contributed by atoms with Gasteiger partial charge in [0.25, 0.3) is 0 Å². The molecule has 0 aliphatic rings. The quantitative estimate of drug-likeness (QED) is 0.746. The van der Waals surface area contributed by atoms with Gasteiger partial charge < -0.3 is 16.0 Å². The van der Waals surface area contributed by atoms with E-state index in [0.29, 0.717) is 11.4 Å². The molecule has 132 valence electrons. The number of nitrogens with one attached hydrogen (secondary N) is 3. The first-order chi connectivity index (χ1) is 11.8. The van der Waals surface area contributed by atoms with Crippen LogP contribution in [-0.4, -0.2) is 18.4 Å². The van der Waals surface area contributed by atoms with E-state index >= 15 is 0 Å². The molecule has 25 heavy (non-hydrogen) atoms. The average Bonchev–Trinajstić information content (AvgIpc) is 2.55. The Kier molecular flexibility index (Phi) is 6.17. The van der Waals surface area contributed by atoms with Crippen LogP contribution in [0.1, 0.15) is 25.0 Å². The molecule has 0 saturated heterocycles. The van der Waals surface area contributed by atoms with Gasteiger partial charge in [-0.1, -0.05) is 31.5 Å². The Balaban J connectivity index is 1.87. The molecule has 0 aliphatic carbocycles. The number of hydrogen-bond donors (Lipinski definition) is 3. The zero-order valence-electron chi connectivity index (χ0n) is 15.1. The largest absolute Gasteiger partial charge is 0.376 e. The summed E-state index contributed by atoms with van der Waals surface area (Å²) in [7, 11) is 0. The molecule has 0 atom stereocenters. The van der Waals surface area contributed by atoms with E-state index in [9.17, 15) is 9.59 Å². The van der Waals surface area contributed by atoms with Gasteiger partial charge >= 0.3 is 0 Å². The van der Waals surface area contributed by atoms with Crippen molar-refractivity contribution >= 4 is 28.9 Å². The standard InChI is InChI=1S/C20H25N3O2/c1-13(2)20(25)23-17-8-6-16(7-9-17)22-19(24)12-21-18-10-5-14(3)11-15(18)4/h5-11,13,21H,12H2,1-4H3,(H,22,24)(H,23,25). The summed E-state index contributed by atoms with van der Waals surface area (Å²) in [5.41, 5.74) is 4.66. The van der Waals surface area contributed by atoms with Crippen LogP contribution in [0.2, 0.25) is 0 Å². The fraction of sp³-hybridized carbons (Fsp3) is 0.300. The third kappa shape index (κ3) is 5.64. The normalized spacial score (nSPS) is 10.4. The van der Waals surface area contributed by atoms with Gasteiger partial charge in [-0.15, -0.1) is 0 Å². The second-order valence-electron chi connectivity index (χ2n) is 6.44. The lowest BCUT2D eigenvalue weighted by Crippen LogP contribution is -2.22. The van der Waals surface area contributed by atoms with E-state index < -0.39 is 0 Å². The number of carbonyl (C=O) groups is 2. The molecule has 2 aromatic rings. The molecule has 2 rings (SSSR count). The molecule has 0 saturated carbocycles. The Labute approximate surface area is 148 Å². The number of carbonyl (C=O) groups excluding carboxylic acids is 2. The smallest absolute Gasteiger partial charge is 0.243 e. The van der Waals surface area contributed by atoms with E-state index in [1.165, 1.54) is 5.56 Å². The zero-order valence-corrected chi connectivity index (χ0v) is 15.1. The lowest BCUT2D eigenvalue weighted by Gasteiger charge is -2.11. The Hall–Kier alpha value is -2.82. The van der Waals surface area contributed by atoms with Crippen LogP contribution < -0.4 is 16.0 Å². The molecule has 2 amide bonds. The molecule has 5 heteroatoms. The van der Waals surface area contributed by atoms with Crippen LogP contribution in [0.15, 0.2) is 42.5 Å². The van der Waals surface area contributed by atoms with Gasteiger partial charge in [0, 0.05) is 23.0 Å². The van der Waals surface area contributed by atoms with Crippen LogP contribution in [0.5, 0.6) is 0 Å². The number of hydrogen-bond acceptors (Lipinski definition) is 3. The van der Waals surface area contributed by atoms with Gasteiger partial charge in [-0.2, -0.15) is 0 Å². The van der Waals surface area contributed by atoms with Crippen LogP contribution in [0, 0.1) is 19.8 Å². The van der Waals surface area contributed by atoms with Gasteiger partial charge in [-0.25, -0.2) is 0 Å². The third-order valence-electron chi connectivity index (χ3n) is 3.78. The van der Waals surface area contributed by atoms with Gasteiger partial charge in [-0.3, -0.25) is 9.59 Å². The van der Waals surface area contributed by atoms with Crippen LogP contribution in [-0.2, 0) is 9.59 Å². The first kappa shape index (κ1) is 18.5. The summed E-state index contributed by atoms with van der Waals surface area (Å²) in [5.74, 6) is -0.232. The summed E-state index contributed by atoms with van der Waals surface area (Å²) in [5, 5.41) is 8.79. The second-order valence-corrected chi connectivity index (χ2v) is 6.44. The van der Waals surface area contributed by atoms with E-state index in [-0.39, 0.29) is 24.3 Å². The first-order valence-corrected chi connectivity index (χ1v) is 8.37. The molecule has 0 fully saturated rings. The molecule has 0 radical (unpaired) electrons. The summed E-state index contributed by atoms with van der Waals surface area (Å²) in [6, 6.07) is 13.1. The molecule has 0 aromatic heterocycles. The molecule has 0 unspecified atom stereocenters. The van der Waals surface area contributed by atoms with E-state index in [2.05, 4.69) is 22.0 Å². The fourth-order valence-electron chi connectivity index (χ4n) is 2.32. The van der Waals surface area contributed by atoms with Gasteiger partial charge in [0.1, 0.15) is 0 Å².